The quantitative estimate of drug-likeness (QED) is 0.577. The van der Waals surface area contributed by atoms with E-state index in [1.165, 1.54) is 0 Å². The molecule has 0 saturated heterocycles. The van der Waals surface area contributed by atoms with Crippen LogP contribution in [0.2, 0.25) is 0 Å². The summed E-state index contributed by atoms with van der Waals surface area (Å²) >= 11 is 1.76. The molecule has 2 heteroatoms. The van der Waals surface area contributed by atoms with E-state index in [0.717, 1.165) is 9.11 Å². The van der Waals surface area contributed by atoms with Crippen molar-refractivity contribution in [3.05, 3.63) is 35.9 Å². The van der Waals surface area contributed by atoms with Gasteiger partial charge in [0.15, 0.2) is 0 Å². The van der Waals surface area contributed by atoms with E-state index in [0.29, 0.717) is 0 Å². The zero-order chi connectivity index (χ0) is 8.27. The van der Waals surface area contributed by atoms with Crippen LogP contribution in [0.3, 0.4) is 0 Å². The van der Waals surface area contributed by atoms with Gasteiger partial charge in [-0.1, -0.05) is 0 Å². The molecule has 0 radical (unpaired) electrons. The van der Waals surface area contributed by atoms with E-state index in [4.69, 9.17) is 0 Å². The Hall–Kier alpha value is -0.450. The van der Waals surface area contributed by atoms with Gasteiger partial charge in [-0.2, -0.15) is 0 Å². The maximum absolute atomic E-state index is 11.3. The summed E-state index contributed by atoms with van der Waals surface area (Å²) in [6.07, 6.45) is 0. The Kier molecular flexibility index (Phi) is 2.99. The Bertz CT molecular complexity index is 277. The molecule has 0 aliphatic carbocycles. The molecule has 0 aliphatic heterocycles. The first-order valence-electron chi connectivity index (χ1n) is 3.32. The molecule has 0 bridgehead atoms. The van der Waals surface area contributed by atoms with Crippen LogP contribution in [-0.2, 0) is 0 Å². The standard InChI is InChI=1S/C9H8OTe/c1-7(11)9(10)8-5-3-2-4-6-8/h2-6H,1H3. The third-order valence-corrected chi connectivity index (χ3v) is 1.88. The summed E-state index contributed by atoms with van der Waals surface area (Å²) in [7, 11) is 0. The van der Waals surface area contributed by atoms with Gasteiger partial charge in [-0.15, -0.1) is 0 Å². The third kappa shape index (κ3) is 2.25. The number of benzene rings is 1. The molecular weight excluding hydrogens is 252 g/mol. The van der Waals surface area contributed by atoms with Crippen molar-refractivity contribution in [2.45, 2.75) is 6.92 Å². The molecule has 0 aliphatic rings. The molecular formula is C9H8OTe. The fourth-order valence-corrected chi connectivity index (χ4v) is 1.13. The van der Waals surface area contributed by atoms with Crippen LogP contribution in [0.25, 0.3) is 0 Å². The molecule has 11 heavy (non-hydrogen) atoms. The fraction of sp³-hybridized carbons (Fsp3) is 0.111. The van der Waals surface area contributed by atoms with Crippen LogP contribution in [-0.4, -0.2) is 31.2 Å². The van der Waals surface area contributed by atoms with E-state index >= 15 is 0 Å². The molecule has 0 heterocycles. The number of carbonyl (C=O) groups is 1. The van der Waals surface area contributed by atoms with E-state index in [2.05, 4.69) is 0 Å². The number of rotatable bonds is 2. The molecule has 0 saturated carbocycles. The molecule has 1 nitrogen and oxygen atoms in total. The number of hydrogen-bond donors (Lipinski definition) is 0. The zero-order valence-corrected chi connectivity index (χ0v) is 8.53. The molecule has 0 aromatic heterocycles. The van der Waals surface area contributed by atoms with Crippen molar-refractivity contribution >= 4 is 31.2 Å². The SMILES string of the molecule is CC(=[Te])C(=O)c1ccccc1. The Labute approximate surface area is 78.8 Å². The van der Waals surface area contributed by atoms with Crippen molar-refractivity contribution in [2.24, 2.45) is 0 Å². The van der Waals surface area contributed by atoms with Gasteiger partial charge in [-0.25, -0.2) is 0 Å². The number of hydrogen-bond acceptors (Lipinski definition) is 1. The summed E-state index contributed by atoms with van der Waals surface area (Å²) in [6.45, 7) is 1.83. The van der Waals surface area contributed by atoms with Crippen LogP contribution in [0.4, 0.5) is 0 Å². The van der Waals surface area contributed by atoms with E-state index in [-0.39, 0.29) is 5.78 Å². The van der Waals surface area contributed by atoms with Crippen LogP contribution < -0.4 is 0 Å². The first-order valence-corrected chi connectivity index (χ1v) is 4.48. The fourth-order valence-electron chi connectivity index (χ4n) is 0.793. The summed E-state index contributed by atoms with van der Waals surface area (Å²) in [5.41, 5.74) is 0.773. The van der Waals surface area contributed by atoms with Crippen molar-refractivity contribution in [3.63, 3.8) is 0 Å². The zero-order valence-electron chi connectivity index (χ0n) is 6.20. The average molecular weight is 260 g/mol. The van der Waals surface area contributed by atoms with Gasteiger partial charge >= 0.3 is 78.8 Å². The molecule has 0 atom stereocenters. The van der Waals surface area contributed by atoms with Crippen LogP contribution in [0.15, 0.2) is 30.3 Å². The van der Waals surface area contributed by atoms with Crippen molar-refractivity contribution in [2.75, 3.05) is 0 Å². The Morgan fingerprint density at radius 3 is 2.27 bits per heavy atom. The maximum atomic E-state index is 11.3. The number of ketones is 1. The van der Waals surface area contributed by atoms with Crippen LogP contribution >= 0.6 is 0 Å². The van der Waals surface area contributed by atoms with Gasteiger partial charge in [0, 0.05) is 0 Å². The molecule has 1 aromatic rings. The molecule has 1 rings (SSSR count). The van der Waals surface area contributed by atoms with Gasteiger partial charge in [0.1, 0.15) is 0 Å². The van der Waals surface area contributed by atoms with Crippen molar-refractivity contribution in [1.29, 1.82) is 0 Å². The molecule has 1 aromatic carbocycles. The monoisotopic (exact) mass is 262 g/mol. The van der Waals surface area contributed by atoms with Crippen LogP contribution in [0.5, 0.6) is 0 Å². The van der Waals surface area contributed by atoms with Gasteiger partial charge < -0.3 is 0 Å². The summed E-state index contributed by atoms with van der Waals surface area (Å²) in [5, 5.41) is 0. The van der Waals surface area contributed by atoms with E-state index in [1.54, 1.807) is 21.8 Å². The predicted molar refractivity (Wildman–Crippen MR) is 47.2 cm³/mol. The van der Waals surface area contributed by atoms with Gasteiger partial charge in [-0.3, -0.25) is 0 Å². The summed E-state index contributed by atoms with van der Waals surface area (Å²) < 4.78 is 0.840. The van der Waals surface area contributed by atoms with Gasteiger partial charge in [0.05, 0.1) is 0 Å². The predicted octanol–water partition coefficient (Wildman–Crippen LogP) is 1.23. The number of Topliss-reactive ketones (excluding diaryl/α,β-unsaturated/α-hetero) is 1. The van der Waals surface area contributed by atoms with E-state index in [1.807, 2.05) is 37.3 Å². The second-order valence-electron chi connectivity index (χ2n) is 2.25. The van der Waals surface area contributed by atoms with Gasteiger partial charge in [-0.05, 0) is 0 Å². The summed E-state index contributed by atoms with van der Waals surface area (Å²) in [4.78, 5) is 11.3. The topological polar surface area (TPSA) is 17.1 Å². The van der Waals surface area contributed by atoms with E-state index in [9.17, 15) is 4.79 Å². The normalized spacial score (nSPS) is 9.18. The first kappa shape index (κ1) is 8.64. The molecule has 0 N–H and O–H groups in total. The van der Waals surface area contributed by atoms with E-state index < -0.39 is 0 Å². The second-order valence-corrected chi connectivity index (χ2v) is 4.00. The molecule has 0 unspecified atom stereocenters. The number of carbonyl (C=O) groups excluding carboxylic acids is 1. The van der Waals surface area contributed by atoms with Gasteiger partial charge in [0.25, 0.3) is 0 Å². The Morgan fingerprint density at radius 1 is 1.27 bits per heavy atom. The minimum absolute atomic E-state index is 0.135. The Balaban J connectivity index is 2.95. The van der Waals surface area contributed by atoms with Crippen molar-refractivity contribution in [1.82, 2.24) is 0 Å². The summed E-state index contributed by atoms with van der Waals surface area (Å²) in [5.74, 6) is 0.135. The van der Waals surface area contributed by atoms with Crippen LogP contribution in [0.1, 0.15) is 17.3 Å². The molecule has 0 fully saturated rings. The Morgan fingerprint density at radius 2 is 1.82 bits per heavy atom. The second kappa shape index (κ2) is 3.80. The molecule has 0 spiro atoms. The average Bonchev–Trinajstić information content (AvgIpc) is 2.05. The molecule has 0 amide bonds. The van der Waals surface area contributed by atoms with Crippen molar-refractivity contribution < 1.29 is 4.79 Å². The van der Waals surface area contributed by atoms with Crippen molar-refractivity contribution in [3.8, 4) is 0 Å². The first-order chi connectivity index (χ1) is 5.22. The van der Waals surface area contributed by atoms with Crippen LogP contribution in [0, 0.1) is 0 Å². The molecule has 56 valence electrons. The minimum atomic E-state index is 0.135. The third-order valence-electron chi connectivity index (χ3n) is 1.36. The summed E-state index contributed by atoms with van der Waals surface area (Å²) in [6, 6.07) is 9.31. The van der Waals surface area contributed by atoms with Gasteiger partial charge in [0.2, 0.25) is 0 Å².